The van der Waals surface area contributed by atoms with Crippen molar-refractivity contribution in [1.82, 2.24) is 10.6 Å². The Morgan fingerprint density at radius 2 is 1.85 bits per heavy atom. The number of aliphatic carboxylic acids is 1. The molecule has 1 atom stereocenters. The third-order valence-electron chi connectivity index (χ3n) is 2.85. The SMILES string of the molecule is CCc1ccc(C(O)CNC(=O)NCCC(=O)O)cc1. The Balaban J connectivity index is 2.32. The lowest BCUT2D eigenvalue weighted by atomic mass is 10.1. The van der Waals surface area contributed by atoms with Crippen molar-refractivity contribution in [2.45, 2.75) is 25.9 Å². The Bertz CT molecular complexity index is 445. The number of aliphatic hydroxyl groups excluding tert-OH is 1. The molecule has 20 heavy (non-hydrogen) atoms. The van der Waals surface area contributed by atoms with E-state index in [9.17, 15) is 14.7 Å². The van der Waals surface area contributed by atoms with Crippen LogP contribution in [-0.4, -0.2) is 35.3 Å². The molecule has 0 bridgehead atoms. The van der Waals surface area contributed by atoms with Crippen LogP contribution in [-0.2, 0) is 11.2 Å². The van der Waals surface area contributed by atoms with E-state index in [0.29, 0.717) is 0 Å². The maximum atomic E-state index is 11.3. The number of carbonyl (C=O) groups excluding carboxylic acids is 1. The van der Waals surface area contributed by atoms with Gasteiger partial charge in [0, 0.05) is 13.1 Å². The Morgan fingerprint density at radius 1 is 1.20 bits per heavy atom. The van der Waals surface area contributed by atoms with E-state index in [4.69, 9.17) is 5.11 Å². The maximum absolute atomic E-state index is 11.3. The molecule has 0 heterocycles. The molecule has 1 aromatic carbocycles. The van der Waals surface area contributed by atoms with Gasteiger partial charge < -0.3 is 20.8 Å². The summed E-state index contributed by atoms with van der Waals surface area (Å²) >= 11 is 0. The van der Waals surface area contributed by atoms with Crippen molar-refractivity contribution < 1.29 is 19.8 Å². The summed E-state index contributed by atoms with van der Waals surface area (Å²) in [6.45, 7) is 2.18. The molecule has 0 aromatic heterocycles. The second kappa shape index (κ2) is 8.16. The number of hydrogen-bond donors (Lipinski definition) is 4. The summed E-state index contributed by atoms with van der Waals surface area (Å²) in [7, 11) is 0. The van der Waals surface area contributed by atoms with E-state index in [2.05, 4.69) is 17.6 Å². The van der Waals surface area contributed by atoms with Gasteiger partial charge in [-0.25, -0.2) is 4.79 Å². The zero-order valence-corrected chi connectivity index (χ0v) is 11.4. The van der Waals surface area contributed by atoms with Crippen molar-refractivity contribution in [2.75, 3.05) is 13.1 Å². The Hall–Kier alpha value is -2.08. The second-order valence-corrected chi connectivity index (χ2v) is 4.39. The van der Waals surface area contributed by atoms with Gasteiger partial charge in [0.25, 0.3) is 0 Å². The van der Waals surface area contributed by atoms with Crippen molar-refractivity contribution in [1.29, 1.82) is 0 Å². The first-order valence-electron chi connectivity index (χ1n) is 6.53. The normalized spacial score (nSPS) is 11.7. The molecule has 1 unspecified atom stereocenters. The van der Waals surface area contributed by atoms with Crippen molar-refractivity contribution in [3.05, 3.63) is 35.4 Å². The first-order chi connectivity index (χ1) is 9.52. The molecule has 1 rings (SSSR count). The summed E-state index contributed by atoms with van der Waals surface area (Å²) in [5, 5.41) is 23.2. The highest BCUT2D eigenvalue weighted by Gasteiger charge is 2.09. The zero-order valence-electron chi connectivity index (χ0n) is 11.4. The first kappa shape index (κ1) is 16.0. The van der Waals surface area contributed by atoms with Crippen LogP contribution in [0.2, 0.25) is 0 Å². The van der Waals surface area contributed by atoms with Crippen molar-refractivity contribution in [3.8, 4) is 0 Å². The van der Waals surface area contributed by atoms with Gasteiger partial charge in [0.1, 0.15) is 0 Å². The number of hydrogen-bond acceptors (Lipinski definition) is 3. The van der Waals surface area contributed by atoms with Gasteiger partial charge in [-0.2, -0.15) is 0 Å². The summed E-state index contributed by atoms with van der Waals surface area (Å²) < 4.78 is 0. The van der Waals surface area contributed by atoms with Gasteiger partial charge in [0.15, 0.2) is 0 Å². The molecule has 0 spiro atoms. The number of carboxylic acid groups (broad SMARTS) is 1. The summed E-state index contributed by atoms with van der Waals surface area (Å²) in [6, 6.07) is 7.04. The predicted molar refractivity (Wildman–Crippen MR) is 74.4 cm³/mol. The molecule has 0 radical (unpaired) electrons. The number of amides is 2. The molecule has 0 fully saturated rings. The van der Waals surface area contributed by atoms with E-state index < -0.39 is 18.1 Å². The molecular weight excluding hydrogens is 260 g/mol. The standard InChI is InChI=1S/C14H20N2O4/c1-2-10-3-5-11(6-4-10)12(17)9-16-14(20)15-8-7-13(18)19/h3-6,12,17H,2,7-9H2,1H3,(H,18,19)(H2,15,16,20). The van der Waals surface area contributed by atoms with Crippen LogP contribution in [0, 0.1) is 0 Å². The third-order valence-corrected chi connectivity index (χ3v) is 2.85. The molecule has 0 saturated carbocycles. The summed E-state index contributed by atoms with van der Waals surface area (Å²) in [5.41, 5.74) is 1.91. The van der Waals surface area contributed by atoms with Gasteiger partial charge in [-0.3, -0.25) is 4.79 Å². The summed E-state index contributed by atoms with van der Waals surface area (Å²) in [6.07, 6.45) is 0.0147. The number of rotatable bonds is 7. The lowest BCUT2D eigenvalue weighted by Crippen LogP contribution is -2.38. The van der Waals surface area contributed by atoms with Gasteiger partial charge >= 0.3 is 12.0 Å². The highest BCUT2D eigenvalue weighted by atomic mass is 16.4. The number of urea groups is 1. The molecule has 0 aliphatic heterocycles. The highest BCUT2D eigenvalue weighted by Crippen LogP contribution is 2.13. The first-order valence-corrected chi connectivity index (χ1v) is 6.53. The molecule has 1 aromatic rings. The quantitative estimate of drug-likeness (QED) is 0.600. The molecular formula is C14H20N2O4. The monoisotopic (exact) mass is 280 g/mol. The van der Waals surface area contributed by atoms with Crippen LogP contribution in [0.5, 0.6) is 0 Å². The number of nitrogens with one attached hydrogen (secondary N) is 2. The van der Waals surface area contributed by atoms with Crippen LogP contribution in [0.15, 0.2) is 24.3 Å². The maximum Gasteiger partial charge on any atom is 0.314 e. The Kier molecular flexibility index (Phi) is 6.52. The van der Waals surface area contributed by atoms with Crippen LogP contribution in [0.4, 0.5) is 4.79 Å². The Morgan fingerprint density at radius 3 is 2.40 bits per heavy atom. The van der Waals surface area contributed by atoms with E-state index in [1.165, 1.54) is 5.56 Å². The van der Waals surface area contributed by atoms with Crippen LogP contribution < -0.4 is 10.6 Å². The smallest absolute Gasteiger partial charge is 0.314 e. The average Bonchev–Trinajstić information content (AvgIpc) is 2.44. The number of benzene rings is 1. The van der Waals surface area contributed by atoms with Crippen LogP contribution in [0.25, 0.3) is 0 Å². The summed E-state index contributed by atoms with van der Waals surface area (Å²) in [4.78, 5) is 21.6. The lowest BCUT2D eigenvalue weighted by molar-refractivity contribution is -0.136. The molecule has 110 valence electrons. The minimum absolute atomic E-state index is 0.0580. The number of aryl methyl sites for hydroxylation is 1. The molecule has 0 aliphatic rings. The Labute approximate surface area is 117 Å². The van der Waals surface area contributed by atoms with Crippen LogP contribution >= 0.6 is 0 Å². The van der Waals surface area contributed by atoms with Crippen molar-refractivity contribution in [2.24, 2.45) is 0 Å². The fourth-order valence-electron chi connectivity index (χ4n) is 1.63. The van der Waals surface area contributed by atoms with E-state index in [1.54, 1.807) is 0 Å². The van der Waals surface area contributed by atoms with Gasteiger partial charge in [0.2, 0.25) is 0 Å². The molecule has 6 nitrogen and oxygen atoms in total. The van der Waals surface area contributed by atoms with Gasteiger partial charge in [0.05, 0.1) is 12.5 Å². The van der Waals surface area contributed by atoms with E-state index in [-0.39, 0.29) is 19.5 Å². The molecule has 6 heteroatoms. The fourth-order valence-corrected chi connectivity index (χ4v) is 1.63. The van der Waals surface area contributed by atoms with E-state index >= 15 is 0 Å². The third kappa shape index (κ3) is 5.71. The minimum Gasteiger partial charge on any atom is -0.481 e. The number of aliphatic hydroxyl groups is 1. The molecule has 2 amide bonds. The van der Waals surface area contributed by atoms with Crippen molar-refractivity contribution >= 4 is 12.0 Å². The van der Waals surface area contributed by atoms with E-state index in [0.717, 1.165) is 12.0 Å². The minimum atomic E-state index is -0.971. The van der Waals surface area contributed by atoms with Gasteiger partial charge in [-0.05, 0) is 17.5 Å². The largest absolute Gasteiger partial charge is 0.481 e. The number of carbonyl (C=O) groups is 2. The predicted octanol–water partition coefficient (Wildman–Crippen LogP) is 1.06. The van der Waals surface area contributed by atoms with Crippen molar-refractivity contribution in [3.63, 3.8) is 0 Å². The van der Waals surface area contributed by atoms with Gasteiger partial charge in [-0.15, -0.1) is 0 Å². The molecule has 4 N–H and O–H groups in total. The molecule has 0 aliphatic carbocycles. The highest BCUT2D eigenvalue weighted by molar-refractivity contribution is 5.75. The lowest BCUT2D eigenvalue weighted by Gasteiger charge is -2.13. The second-order valence-electron chi connectivity index (χ2n) is 4.39. The summed E-state index contributed by atoms with van der Waals surface area (Å²) in [5.74, 6) is -0.971. The van der Waals surface area contributed by atoms with Crippen LogP contribution in [0.1, 0.15) is 30.6 Å². The van der Waals surface area contributed by atoms with Gasteiger partial charge in [-0.1, -0.05) is 31.2 Å². The topological polar surface area (TPSA) is 98.7 Å². The molecule has 0 saturated heterocycles. The van der Waals surface area contributed by atoms with E-state index in [1.807, 2.05) is 24.3 Å². The number of carboxylic acids is 1. The fraction of sp³-hybridized carbons (Fsp3) is 0.429. The van der Waals surface area contributed by atoms with Crippen LogP contribution in [0.3, 0.4) is 0 Å². The zero-order chi connectivity index (χ0) is 15.0. The average molecular weight is 280 g/mol.